The van der Waals surface area contributed by atoms with Gasteiger partial charge in [-0.3, -0.25) is 4.79 Å². The van der Waals surface area contributed by atoms with Gasteiger partial charge in [0, 0.05) is 13.1 Å². The summed E-state index contributed by atoms with van der Waals surface area (Å²) >= 11 is 0. The van der Waals surface area contributed by atoms with Crippen LogP contribution in [0.1, 0.15) is 21.5 Å². The highest BCUT2D eigenvalue weighted by molar-refractivity contribution is 5.92. The molecule has 0 aliphatic rings. The first-order valence-electron chi connectivity index (χ1n) is 9.97. The van der Waals surface area contributed by atoms with Crippen molar-refractivity contribution in [3.05, 3.63) is 95.6 Å². The van der Waals surface area contributed by atoms with Gasteiger partial charge in [0.2, 0.25) is 0 Å². The van der Waals surface area contributed by atoms with Gasteiger partial charge in [-0.2, -0.15) is 0 Å². The second-order valence-electron chi connectivity index (χ2n) is 6.97. The molecule has 0 aromatic heterocycles. The summed E-state index contributed by atoms with van der Waals surface area (Å²) in [5.74, 6) is -1.06. The lowest BCUT2D eigenvalue weighted by atomic mass is 10.1. The van der Waals surface area contributed by atoms with E-state index in [1.807, 2.05) is 60.7 Å². The molecule has 3 rings (SSSR count). The number of carboxylic acid groups (broad SMARTS) is 1. The number of ether oxygens (including phenoxy) is 2. The molecule has 0 saturated heterocycles. The number of hydrogen-bond donors (Lipinski definition) is 1. The maximum Gasteiger partial charge on any atom is 0.339 e. The minimum absolute atomic E-state index is 0.0496. The summed E-state index contributed by atoms with van der Waals surface area (Å²) in [4.78, 5) is 26.3. The van der Waals surface area contributed by atoms with E-state index in [-0.39, 0.29) is 29.6 Å². The SMILES string of the molecule is COc1cccc(C(=O)O)c1OCC(=O)N(CCc1ccccc1)Cc1ccccc1. The molecule has 0 saturated carbocycles. The number of carbonyl (C=O) groups excluding carboxylic acids is 1. The summed E-state index contributed by atoms with van der Waals surface area (Å²) in [7, 11) is 1.43. The molecule has 6 nitrogen and oxygen atoms in total. The largest absolute Gasteiger partial charge is 0.493 e. The Morgan fingerprint density at radius 1 is 0.871 bits per heavy atom. The first kappa shape index (κ1) is 21.9. The van der Waals surface area contributed by atoms with Crippen LogP contribution in [0.3, 0.4) is 0 Å². The van der Waals surface area contributed by atoms with Crippen molar-refractivity contribution < 1.29 is 24.2 Å². The zero-order valence-corrected chi connectivity index (χ0v) is 17.4. The Labute approximate surface area is 181 Å². The van der Waals surface area contributed by atoms with Crippen molar-refractivity contribution in [3.8, 4) is 11.5 Å². The number of carboxylic acids is 1. The number of carbonyl (C=O) groups is 2. The van der Waals surface area contributed by atoms with E-state index in [2.05, 4.69) is 0 Å². The number of methoxy groups -OCH3 is 1. The Balaban J connectivity index is 1.74. The fraction of sp³-hybridized carbons (Fsp3) is 0.200. The van der Waals surface area contributed by atoms with Gasteiger partial charge in [0.1, 0.15) is 5.56 Å². The van der Waals surface area contributed by atoms with Gasteiger partial charge >= 0.3 is 5.97 Å². The van der Waals surface area contributed by atoms with Crippen LogP contribution >= 0.6 is 0 Å². The Morgan fingerprint density at radius 2 is 1.52 bits per heavy atom. The van der Waals surface area contributed by atoms with Gasteiger partial charge in [0.15, 0.2) is 18.1 Å². The van der Waals surface area contributed by atoms with Crippen LogP contribution in [0.25, 0.3) is 0 Å². The second kappa shape index (κ2) is 10.8. The average Bonchev–Trinajstić information content (AvgIpc) is 2.81. The van der Waals surface area contributed by atoms with Crippen molar-refractivity contribution >= 4 is 11.9 Å². The van der Waals surface area contributed by atoms with E-state index in [4.69, 9.17) is 9.47 Å². The van der Waals surface area contributed by atoms with Gasteiger partial charge in [-0.15, -0.1) is 0 Å². The molecule has 31 heavy (non-hydrogen) atoms. The Morgan fingerprint density at radius 3 is 2.13 bits per heavy atom. The van der Waals surface area contributed by atoms with Gasteiger partial charge in [0.05, 0.1) is 7.11 Å². The zero-order chi connectivity index (χ0) is 22.1. The molecule has 0 fully saturated rings. The lowest BCUT2D eigenvalue weighted by Gasteiger charge is -2.23. The minimum Gasteiger partial charge on any atom is -0.493 e. The quantitative estimate of drug-likeness (QED) is 0.537. The molecule has 0 atom stereocenters. The fourth-order valence-corrected chi connectivity index (χ4v) is 3.22. The predicted octanol–water partition coefficient (Wildman–Crippen LogP) is 4.04. The first-order valence-corrected chi connectivity index (χ1v) is 9.97. The van der Waals surface area contributed by atoms with E-state index in [9.17, 15) is 14.7 Å². The summed E-state index contributed by atoms with van der Waals surface area (Å²) < 4.78 is 10.9. The van der Waals surface area contributed by atoms with E-state index in [0.29, 0.717) is 19.5 Å². The van der Waals surface area contributed by atoms with E-state index in [1.54, 1.807) is 17.0 Å². The highest BCUT2D eigenvalue weighted by Crippen LogP contribution is 2.31. The van der Waals surface area contributed by atoms with Crippen molar-refractivity contribution in [2.75, 3.05) is 20.3 Å². The van der Waals surface area contributed by atoms with Crippen molar-refractivity contribution in [1.29, 1.82) is 0 Å². The molecule has 0 bridgehead atoms. The molecular weight excluding hydrogens is 394 g/mol. The van der Waals surface area contributed by atoms with Crippen LogP contribution in [0, 0.1) is 0 Å². The van der Waals surface area contributed by atoms with Crippen LogP contribution in [0.15, 0.2) is 78.9 Å². The molecule has 0 aliphatic heterocycles. The fourth-order valence-electron chi connectivity index (χ4n) is 3.22. The number of hydrogen-bond acceptors (Lipinski definition) is 4. The third-order valence-electron chi connectivity index (χ3n) is 4.85. The number of aromatic carboxylic acids is 1. The van der Waals surface area contributed by atoms with Crippen molar-refractivity contribution in [1.82, 2.24) is 4.90 Å². The molecule has 3 aromatic carbocycles. The maximum atomic E-state index is 13.0. The molecule has 0 spiro atoms. The normalized spacial score (nSPS) is 10.4. The van der Waals surface area contributed by atoms with Crippen molar-refractivity contribution in [2.24, 2.45) is 0 Å². The number of para-hydroxylation sites is 1. The highest BCUT2D eigenvalue weighted by Gasteiger charge is 2.20. The van der Waals surface area contributed by atoms with Crippen LogP contribution in [-0.2, 0) is 17.8 Å². The third-order valence-corrected chi connectivity index (χ3v) is 4.85. The topological polar surface area (TPSA) is 76.1 Å². The van der Waals surface area contributed by atoms with Crippen molar-refractivity contribution in [2.45, 2.75) is 13.0 Å². The Kier molecular flexibility index (Phi) is 7.65. The summed E-state index contributed by atoms with van der Waals surface area (Å²) in [6.07, 6.45) is 0.703. The molecular formula is C25H25NO5. The summed E-state index contributed by atoms with van der Waals surface area (Å²) in [5.41, 5.74) is 2.09. The van der Waals surface area contributed by atoms with Gasteiger partial charge in [0.25, 0.3) is 5.91 Å². The lowest BCUT2D eigenvalue weighted by molar-refractivity contribution is -0.134. The third kappa shape index (κ3) is 6.09. The average molecular weight is 419 g/mol. The van der Waals surface area contributed by atoms with E-state index in [1.165, 1.54) is 13.2 Å². The van der Waals surface area contributed by atoms with Crippen LogP contribution in [0.4, 0.5) is 0 Å². The molecule has 0 heterocycles. The first-order chi connectivity index (χ1) is 15.1. The second-order valence-corrected chi connectivity index (χ2v) is 6.97. The summed E-state index contributed by atoms with van der Waals surface area (Å²) in [6, 6.07) is 24.2. The van der Waals surface area contributed by atoms with E-state index >= 15 is 0 Å². The Bertz CT molecular complexity index is 1000. The number of rotatable bonds is 10. The lowest BCUT2D eigenvalue weighted by Crippen LogP contribution is -2.36. The molecule has 6 heteroatoms. The smallest absolute Gasteiger partial charge is 0.339 e. The standard InChI is InChI=1S/C25H25NO5/c1-30-22-14-8-13-21(25(28)29)24(22)31-18-23(27)26(17-20-11-6-3-7-12-20)16-15-19-9-4-2-5-10-19/h2-14H,15-18H2,1H3,(H,28,29). The van der Waals surface area contributed by atoms with Crippen LogP contribution in [0.2, 0.25) is 0 Å². The number of nitrogens with zero attached hydrogens (tertiary/aromatic N) is 1. The van der Waals surface area contributed by atoms with Gasteiger partial charge in [-0.25, -0.2) is 4.79 Å². The van der Waals surface area contributed by atoms with Gasteiger partial charge < -0.3 is 19.5 Å². The van der Waals surface area contributed by atoms with E-state index in [0.717, 1.165) is 11.1 Å². The molecule has 1 N–H and O–H groups in total. The Hall–Kier alpha value is -3.80. The molecule has 0 radical (unpaired) electrons. The molecule has 1 amide bonds. The molecule has 0 aliphatic carbocycles. The zero-order valence-electron chi connectivity index (χ0n) is 17.4. The van der Waals surface area contributed by atoms with Crippen molar-refractivity contribution in [3.63, 3.8) is 0 Å². The maximum absolute atomic E-state index is 13.0. The summed E-state index contributed by atoms with van der Waals surface area (Å²) in [6.45, 7) is 0.661. The van der Waals surface area contributed by atoms with Crippen LogP contribution < -0.4 is 9.47 Å². The number of amides is 1. The highest BCUT2D eigenvalue weighted by atomic mass is 16.5. The molecule has 0 unspecified atom stereocenters. The summed E-state index contributed by atoms with van der Waals surface area (Å²) in [5, 5.41) is 9.43. The molecule has 160 valence electrons. The van der Waals surface area contributed by atoms with Gasteiger partial charge in [-0.1, -0.05) is 66.7 Å². The van der Waals surface area contributed by atoms with Crippen LogP contribution in [-0.4, -0.2) is 42.1 Å². The minimum atomic E-state index is -1.15. The predicted molar refractivity (Wildman–Crippen MR) is 117 cm³/mol. The van der Waals surface area contributed by atoms with Gasteiger partial charge in [-0.05, 0) is 29.7 Å². The van der Waals surface area contributed by atoms with E-state index < -0.39 is 5.97 Å². The monoisotopic (exact) mass is 419 g/mol. The molecule has 3 aromatic rings. The number of benzene rings is 3. The van der Waals surface area contributed by atoms with Crippen LogP contribution in [0.5, 0.6) is 11.5 Å².